The molecule has 0 saturated heterocycles. The molecule has 2 rings (SSSR count). The third kappa shape index (κ3) is 4.85. The van der Waals surface area contributed by atoms with Crippen LogP contribution in [0.25, 0.3) is 0 Å². The van der Waals surface area contributed by atoms with Crippen LogP contribution in [0.3, 0.4) is 0 Å². The molecule has 0 atom stereocenters. The van der Waals surface area contributed by atoms with Crippen molar-refractivity contribution in [2.75, 3.05) is 18.4 Å². The summed E-state index contributed by atoms with van der Waals surface area (Å²) in [7, 11) is 0. The Hall–Kier alpha value is -2.82. The van der Waals surface area contributed by atoms with Gasteiger partial charge in [-0.1, -0.05) is 12.1 Å². The minimum Gasteiger partial charge on any atom is -0.490 e. The van der Waals surface area contributed by atoms with Crippen molar-refractivity contribution in [2.24, 2.45) is 0 Å². The van der Waals surface area contributed by atoms with Crippen LogP contribution in [0.1, 0.15) is 48.4 Å². The van der Waals surface area contributed by atoms with Crippen molar-refractivity contribution in [2.45, 2.75) is 33.8 Å². The molecule has 2 amide bonds. The van der Waals surface area contributed by atoms with Crippen molar-refractivity contribution < 1.29 is 14.3 Å². The van der Waals surface area contributed by atoms with Gasteiger partial charge in [0.05, 0.1) is 11.7 Å². The van der Waals surface area contributed by atoms with E-state index < -0.39 is 0 Å². The highest BCUT2D eigenvalue weighted by atomic mass is 16.5. The van der Waals surface area contributed by atoms with E-state index in [2.05, 4.69) is 5.32 Å². The number of hydrogen-bond donors (Lipinski definition) is 1. The molecule has 0 aliphatic rings. The fraction of sp³-hybridized carbons (Fsp3) is 0.333. The molecule has 1 N–H and O–H groups in total. The molecule has 138 valence electrons. The van der Waals surface area contributed by atoms with Crippen molar-refractivity contribution in [3.8, 4) is 5.75 Å². The van der Waals surface area contributed by atoms with Gasteiger partial charge in [-0.3, -0.25) is 9.59 Å². The molecule has 0 bridgehead atoms. The second kappa shape index (κ2) is 9.04. The first-order chi connectivity index (χ1) is 12.5. The zero-order chi connectivity index (χ0) is 19.1. The number of para-hydroxylation sites is 1. The predicted molar refractivity (Wildman–Crippen MR) is 104 cm³/mol. The van der Waals surface area contributed by atoms with Gasteiger partial charge in [0.25, 0.3) is 11.8 Å². The Bertz CT molecular complexity index is 750. The van der Waals surface area contributed by atoms with E-state index in [1.54, 1.807) is 47.4 Å². The minimum absolute atomic E-state index is 0.0106. The topological polar surface area (TPSA) is 58.6 Å². The Morgan fingerprint density at radius 2 is 1.62 bits per heavy atom. The van der Waals surface area contributed by atoms with Crippen LogP contribution in [0, 0.1) is 0 Å². The van der Waals surface area contributed by atoms with Crippen LogP contribution < -0.4 is 10.1 Å². The second-order valence-corrected chi connectivity index (χ2v) is 6.17. The van der Waals surface area contributed by atoms with Gasteiger partial charge in [0, 0.05) is 24.3 Å². The van der Waals surface area contributed by atoms with Gasteiger partial charge in [0.2, 0.25) is 0 Å². The highest BCUT2D eigenvalue weighted by molar-refractivity contribution is 6.06. The predicted octanol–water partition coefficient (Wildman–Crippen LogP) is 4.21. The number of nitrogens with one attached hydrogen (secondary N) is 1. The lowest BCUT2D eigenvalue weighted by Crippen LogP contribution is -2.30. The van der Waals surface area contributed by atoms with Crippen LogP contribution >= 0.6 is 0 Å². The van der Waals surface area contributed by atoms with E-state index in [1.807, 2.05) is 33.8 Å². The van der Waals surface area contributed by atoms with Crippen LogP contribution in [0.2, 0.25) is 0 Å². The van der Waals surface area contributed by atoms with Gasteiger partial charge in [0.1, 0.15) is 5.75 Å². The Labute approximate surface area is 155 Å². The lowest BCUT2D eigenvalue weighted by Gasteiger charge is -2.18. The molecule has 0 aliphatic carbocycles. The van der Waals surface area contributed by atoms with Crippen LogP contribution in [0.5, 0.6) is 5.75 Å². The van der Waals surface area contributed by atoms with E-state index in [0.29, 0.717) is 35.7 Å². The van der Waals surface area contributed by atoms with E-state index in [4.69, 9.17) is 4.74 Å². The number of anilines is 1. The fourth-order valence-corrected chi connectivity index (χ4v) is 2.60. The summed E-state index contributed by atoms with van der Waals surface area (Å²) in [6.45, 7) is 9.07. The summed E-state index contributed by atoms with van der Waals surface area (Å²) in [6, 6.07) is 14.1. The van der Waals surface area contributed by atoms with Crippen molar-refractivity contribution in [3.05, 3.63) is 59.7 Å². The maximum absolute atomic E-state index is 12.6. The van der Waals surface area contributed by atoms with Crippen LogP contribution in [0.15, 0.2) is 48.5 Å². The zero-order valence-corrected chi connectivity index (χ0v) is 15.8. The Morgan fingerprint density at radius 3 is 2.19 bits per heavy atom. The van der Waals surface area contributed by atoms with Gasteiger partial charge in [-0.05, 0) is 64.1 Å². The third-order valence-electron chi connectivity index (χ3n) is 3.93. The third-order valence-corrected chi connectivity index (χ3v) is 3.93. The molecule has 0 heterocycles. The summed E-state index contributed by atoms with van der Waals surface area (Å²) >= 11 is 0. The van der Waals surface area contributed by atoms with E-state index in [9.17, 15) is 9.59 Å². The number of carbonyl (C=O) groups excluding carboxylic acids is 2. The first-order valence-electron chi connectivity index (χ1n) is 8.92. The molecule has 5 heteroatoms. The van der Waals surface area contributed by atoms with Gasteiger partial charge < -0.3 is 15.0 Å². The van der Waals surface area contributed by atoms with Crippen LogP contribution in [-0.2, 0) is 0 Å². The number of benzene rings is 2. The lowest BCUT2D eigenvalue weighted by molar-refractivity contribution is 0.0773. The first-order valence-corrected chi connectivity index (χ1v) is 8.92. The molecule has 0 spiro atoms. The molecule has 5 nitrogen and oxygen atoms in total. The number of hydrogen-bond acceptors (Lipinski definition) is 3. The number of ether oxygens (including phenoxy) is 1. The molecule has 0 unspecified atom stereocenters. The van der Waals surface area contributed by atoms with Crippen molar-refractivity contribution in [1.82, 2.24) is 4.90 Å². The maximum Gasteiger partial charge on any atom is 0.259 e. The molecular weight excluding hydrogens is 328 g/mol. The lowest BCUT2D eigenvalue weighted by atomic mass is 10.1. The monoisotopic (exact) mass is 354 g/mol. The molecule has 0 aromatic heterocycles. The smallest absolute Gasteiger partial charge is 0.259 e. The van der Waals surface area contributed by atoms with E-state index in [1.165, 1.54) is 0 Å². The summed E-state index contributed by atoms with van der Waals surface area (Å²) in [5.41, 5.74) is 1.71. The summed E-state index contributed by atoms with van der Waals surface area (Å²) in [4.78, 5) is 26.7. The highest BCUT2D eigenvalue weighted by Gasteiger charge is 2.15. The molecular formula is C21H26N2O3. The average Bonchev–Trinajstić information content (AvgIpc) is 2.63. The van der Waals surface area contributed by atoms with E-state index in [0.717, 1.165) is 0 Å². The zero-order valence-electron chi connectivity index (χ0n) is 15.8. The SMILES string of the molecule is CCN(CC)C(=O)c1ccc(NC(=O)c2ccccc2OC(C)C)cc1. The van der Waals surface area contributed by atoms with Gasteiger partial charge >= 0.3 is 0 Å². The van der Waals surface area contributed by atoms with Crippen LogP contribution in [-0.4, -0.2) is 35.9 Å². The number of carbonyl (C=O) groups is 2. The Kier molecular flexibility index (Phi) is 6.78. The highest BCUT2D eigenvalue weighted by Crippen LogP contribution is 2.21. The standard InChI is InChI=1S/C21H26N2O3/c1-5-23(6-2)21(25)16-11-13-17(14-12-16)22-20(24)18-9-7-8-10-19(18)26-15(3)4/h7-15H,5-6H2,1-4H3,(H,22,24). The van der Waals surface area contributed by atoms with Gasteiger partial charge in [-0.15, -0.1) is 0 Å². The summed E-state index contributed by atoms with van der Waals surface area (Å²) < 4.78 is 5.69. The normalized spacial score (nSPS) is 10.5. The molecule has 0 fully saturated rings. The molecule has 0 saturated carbocycles. The minimum atomic E-state index is -0.246. The van der Waals surface area contributed by atoms with E-state index in [-0.39, 0.29) is 17.9 Å². The van der Waals surface area contributed by atoms with Crippen molar-refractivity contribution in [1.29, 1.82) is 0 Å². The maximum atomic E-state index is 12.6. The molecule has 0 radical (unpaired) electrons. The van der Waals surface area contributed by atoms with Gasteiger partial charge in [-0.25, -0.2) is 0 Å². The van der Waals surface area contributed by atoms with Crippen molar-refractivity contribution in [3.63, 3.8) is 0 Å². The summed E-state index contributed by atoms with van der Waals surface area (Å²) in [5, 5.41) is 2.85. The quantitative estimate of drug-likeness (QED) is 0.810. The second-order valence-electron chi connectivity index (χ2n) is 6.17. The van der Waals surface area contributed by atoms with Gasteiger partial charge in [0.15, 0.2) is 0 Å². The summed E-state index contributed by atoms with van der Waals surface area (Å²) in [6.07, 6.45) is -0.0191. The molecule has 26 heavy (non-hydrogen) atoms. The number of nitrogens with zero attached hydrogens (tertiary/aromatic N) is 1. The number of amides is 2. The van der Waals surface area contributed by atoms with Crippen LogP contribution in [0.4, 0.5) is 5.69 Å². The first kappa shape index (κ1) is 19.5. The molecule has 0 aliphatic heterocycles. The fourth-order valence-electron chi connectivity index (χ4n) is 2.60. The Balaban J connectivity index is 2.12. The van der Waals surface area contributed by atoms with E-state index >= 15 is 0 Å². The van der Waals surface area contributed by atoms with Crippen molar-refractivity contribution >= 4 is 17.5 Å². The Morgan fingerprint density at radius 1 is 1.00 bits per heavy atom. The summed E-state index contributed by atoms with van der Waals surface area (Å²) in [5.74, 6) is 0.293. The van der Waals surface area contributed by atoms with Gasteiger partial charge in [-0.2, -0.15) is 0 Å². The molecule has 2 aromatic rings. The number of rotatable bonds is 7. The largest absolute Gasteiger partial charge is 0.490 e. The average molecular weight is 354 g/mol. The molecule has 2 aromatic carbocycles.